The molecule has 2 aromatic rings. The first-order chi connectivity index (χ1) is 7.83. The first-order valence-electron chi connectivity index (χ1n) is 5.36. The maximum Gasteiger partial charge on any atom is 0.181 e. The van der Waals surface area contributed by atoms with Crippen LogP contribution in [0.5, 0.6) is 0 Å². The first-order valence-corrected chi connectivity index (χ1v) is 6.24. The van der Waals surface area contributed by atoms with Crippen molar-refractivity contribution >= 4 is 11.3 Å². The predicted molar refractivity (Wildman–Crippen MR) is 64.3 cm³/mol. The van der Waals surface area contributed by atoms with Crippen molar-refractivity contribution < 1.29 is 4.42 Å². The normalized spacial score (nSPS) is 10.9. The molecular weight excluding hydrogens is 222 g/mol. The zero-order valence-electron chi connectivity index (χ0n) is 9.49. The number of hydrogen-bond donors (Lipinski definition) is 1. The standard InChI is InChI=1S/C11H15N3OS/c1-3-4-12-5-9-10(15-6-13-9)11-8(2)14-7-16-11/h6-7,12H,3-5H2,1-2H3. The fraction of sp³-hybridized carbons (Fsp3) is 0.455. The lowest BCUT2D eigenvalue weighted by atomic mass is 10.2. The molecule has 16 heavy (non-hydrogen) atoms. The van der Waals surface area contributed by atoms with Crippen LogP contribution in [-0.4, -0.2) is 16.5 Å². The van der Waals surface area contributed by atoms with Crippen molar-refractivity contribution in [3.8, 4) is 10.6 Å². The summed E-state index contributed by atoms with van der Waals surface area (Å²) in [6, 6.07) is 0. The van der Waals surface area contributed by atoms with Crippen molar-refractivity contribution in [1.29, 1.82) is 0 Å². The molecule has 0 amide bonds. The van der Waals surface area contributed by atoms with Gasteiger partial charge in [-0.2, -0.15) is 0 Å². The lowest BCUT2D eigenvalue weighted by Crippen LogP contribution is -2.14. The Bertz CT molecular complexity index is 450. The SMILES string of the molecule is CCCNCc1ncoc1-c1scnc1C. The van der Waals surface area contributed by atoms with Crippen LogP contribution in [0.3, 0.4) is 0 Å². The fourth-order valence-electron chi connectivity index (χ4n) is 1.48. The van der Waals surface area contributed by atoms with Crippen LogP contribution in [0.25, 0.3) is 10.6 Å². The molecule has 0 unspecified atom stereocenters. The summed E-state index contributed by atoms with van der Waals surface area (Å²) >= 11 is 1.59. The second kappa shape index (κ2) is 5.23. The third-order valence-corrected chi connectivity index (χ3v) is 3.24. The first kappa shape index (κ1) is 11.3. The molecule has 2 heterocycles. The van der Waals surface area contributed by atoms with E-state index < -0.39 is 0 Å². The highest BCUT2D eigenvalue weighted by Gasteiger charge is 2.14. The molecule has 0 aliphatic heterocycles. The van der Waals surface area contributed by atoms with Crippen LogP contribution < -0.4 is 5.32 Å². The minimum Gasteiger partial charge on any atom is -0.442 e. The van der Waals surface area contributed by atoms with Crippen molar-refractivity contribution in [2.75, 3.05) is 6.54 Å². The van der Waals surface area contributed by atoms with Gasteiger partial charge in [0.25, 0.3) is 0 Å². The van der Waals surface area contributed by atoms with Gasteiger partial charge >= 0.3 is 0 Å². The molecule has 0 saturated carbocycles. The number of aromatic nitrogens is 2. The van der Waals surface area contributed by atoms with E-state index in [-0.39, 0.29) is 0 Å². The Morgan fingerprint density at radius 2 is 2.31 bits per heavy atom. The Hall–Kier alpha value is -1.20. The molecule has 5 heteroatoms. The summed E-state index contributed by atoms with van der Waals surface area (Å²) in [6.45, 7) is 5.87. The summed E-state index contributed by atoms with van der Waals surface area (Å²) in [5, 5.41) is 3.32. The molecule has 0 atom stereocenters. The largest absolute Gasteiger partial charge is 0.442 e. The number of hydrogen-bond acceptors (Lipinski definition) is 5. The minimum atomic E-state index is 0.747. The Kier molecular flexibility index (Phi) is 3.69. The van der Waals surface area contributed by atoms with Crippen LogP contribution >= 0.6 is 11.3 Å². The average Bonchev–Trinajstić information content (AvgIpc) is 2.87. The topological polar surface area (TPSA) is 51.0 Å². The lowest BCUT2D eigenvalue weighted by molar-refractivity contribution is 0.570. The molecule has 2 aromatic heterocycles. The van der Waals surface area contributed by atoms with Crippen molar-refractivity contribution in [3.05, 3.63) is 23.3 Å². The zero-order valence-corrected chi connectivity index (χ0v) is 10.3. The summed E-state index contributed by atoms with van der Waals surface area (Å²) in [6.07, 6.45) is 2.62. The smallest absolute Gasteiger partial charge is 0.181 e. The van der Waals surface area contributed by atoms with Gasteiger partial charge in [-0.3, -0.25) is 0 Å². The number of nitrogens with one attached hydrogen (secondary N) is 1. The number of nitrogens with zero attached hydrogens (tertiary/aromatic N) is 2. The Balaban J connectivity index is 2.16. The second-order valence-corrected chi connectivity index (χ2v) is 4.43. The molecule has 4 nitrogen and oxygen atoms in total. The second-order valence-electron chi connectivity index (χ2n) is 3.57. The quantitative estimate of drug-likeness (QED) is 0.812. The summed E-state index contributed by atoms with van der Waals surface area (Å²) in [5.74, 6) is 0.851. The third-order valence-electron chi connectivity index (χ3n) is 2.31. The van der Waals surface area contributed by atoms with Gasteiger partial charge in [0.15, 0.2) is 12.2 Å². The van der Waals surface area contributed by atoms with Gasteiger partial charge in [-0.15, -0.1) is 11.3 Å². The van der Waals surface area contributed by atoms with Crippen LogP contribution in [0.15, 0.2) is 16.3 Å². The Morgan fingerprint density at radius 1 is 1.44 bits per heavy atom. The van der Waals surface area contributed by atoms with E-state index in [4.69, 9.17) is 4.42 Å². The molecular formula is C11H15N3OS. The molecule has 0 aromatic carbocycles. The van der Waals surface area contributed by atoms with E-state index in [0.717, 1.165) is 41.5 Å². The fourth-order valence-corrected chi connectivity index (χ4v) is 2.30. The van der Waals surface area contributed by atoms with Gasteiger partial charge < -0.3 is 9.73 Å². The van der Waals surface area contributed by atoms with Gasteiger partial charge in [0, 0.05) is 6.54 Å². The molecule has 0 aliphatic rings. The molecule has 0 fully saturated rings. The number of thiazole rings is 1. The van der Waals surface area contributed by atoms with Crippen LogP contribution in [-0.2, 0) is 6.54 Å². The van der Waals surface area contributed by atoms with E-state index in [0.29, 0.717) is 0 Å². The minimum absolute atomic E-state index is 0.747. The van der Waals surface area contributed by atoms with Gasteiger partial charge in [-0.1, -0.05) is 6.92 Å². The van der Waals surface area contributed by atoms with Crippen molar-refractivity contribution in [3.63, 3.8) is 0 Å². The van der Waals surface area contributed by atoms with Crippen LogP contribution in [0.2, 0.25) is 0 Å². The lowest BCUT2D eigenvalue weighted by Gasteiger charge is -2.01. The van der Waals surface area contributed by atoms with E-state index in [2.05, 4.69) is 22.2 Å². The van der Waals surface area contributed by atoms with Crippen molar-refractivity contribution in [2.45, 2.75) is 26.8 Å². The van der Waals surface area contributed by atoms with Gasteiger partial charge in [0.05, 0.1) is 16.1 Å². The van der Waals surface area contributed by atoms with Crippen LogP contribution in [0, 0.1) is 6.92 Å². The Labute approximate surface area is 98.7 Å². The summed E-state index contributed by atoms with van der Waals surface area (Å²) < 4.78 is 5.44. The van der Waals surface area contributed by atoms with Crippen molar-refractivity contribution in [1.82, 2.24) is 15.3 Å². The molecule has 0 aliphatic carbocycles. The van der Waals surface area contributed by atoms with E-state index in [1.807, 2.05) is 12.4 Å². The van der Waals surface area contributed by atoms with Crippen molar-refractivity contribution in [2.24, 2.45) is 0 Å². The zero-order chi connectivity index (χ0) is 11.4. The molecule has 2 rings (SSSR count). The Morgan fingerprint density at radius 3 is 3.00 bits per heavy atom. The third kappa shape index (κ3) is 2.31. The molecule has 0 bridgehead atoms. The van der Waals surface area contributed by atoms with Gasteiger partial charge in [-0.25, -0.2) is 9.97 Å². The highest BCUT2D eigenvalue weighted by Crippen LogP contribution is 2.29. The summed E-state index contributed by atoms with van der Waals surface area (Å²) in [7, 11) is 0. The van der Waals surface area contributed by atoms with Crippen LogP contribution in [0.4, 0.5) is 0 Å². The van der Waals surface area contributed by atoms with Gasteiger partial charge in [0.2, 0.25) is 0 Å². The van der Waals surface area contributed by atoms with E-state index in [1.54, 1.807) is 11.3 Å². The van der Waals surface area contributed by atoms with Gasteiger partial charge in [0.1, 0.15) is 5.69 Å². The summed E-state index contributed by atoms with van der Waals surface area (Å²) in [5.41, 5.74) is 3.79. The molecule has 86 valence electrons. The number of aryl methyl sites for hydroxylation is 1. The highest BCUT2D eigenvalue weighted by molar-refractivity contribution is 7.13. The molecule has 0 spiro atoms. The average molecular weight is 237 g/mol. The van der Waals surface area contributed by atoms with E-state index in [9.17, 15) is 0 Å². The number of rotatable bonds is 5. The summed E-state index contributed by atoms with van der Waals surface area (Å²) in [4.78, 5) is 9.53. The van der Waals surface area contributed by atoms with E-state index in [1.165, 1.54) is 6.39 Å². The van der Waals surface area contributed by atoms with Crippen LogP contribution in [0.1, 0.15) is 24.7 Å². The molecule has 0 radical (unpaired) electrons. The van der Waals surface area contributed by atoms with Gasteiger partial charge in [-0.05, 0) is 19.9 Å². The highest BCUT2D eigenvalue weighted by atomic mass is 32.1. The maximum absolute atomic E-state index is 5.44. The van der Waals surface area contributed by atoms with E-state index >= 15 is 0 Å². The molecule has 0 saturated heterocycles. The monoisotopic (exact) mass is 237 g/mol. The molecule has 1 N–H and O–H groups in total. The number of oxazole rings is 1. The maximum atomic E-state index is 5.44. The predicted octanol–water partition coefficient (Wildman–Crippen LogP) is 2.61.